The first-order valence-electron chi connectivity index (χ1n) is 17.3. The van der Waals surface area contributed by atoms with Crippen molar-refractivity contribution >= 4 is 52.3 Å². The van der Waals surface area contributed by atoms with Crippen LogP contribution in [0.15, 0.2) is 22.9 Å². The number of anilines is 2. The summed E-state index contributed by atoms with van der Waals surface area (Å²) < 4.78 is 42.0. The number of urea groups is 2. The minimum Gasteiger partial charge on any atom is -0.386 e. The number of amides is 5. The molecule has 2 aromatic rings. The van der Waals surface area contributed by atoms with E-state index in [9.17, 15) is 27.6 Å². The first kappa shape index (κ1) is 35.6. The van der Waals surface area contributed by atoms with Gasteiger partial charge in [0.05, 0.1) is 22.0 Å². The highest BCUT2D eigenvalue weighted by Crippen LogP contribution is 2.40. The molecule has 3 saturated heterocycles. The standard InChI is InChI=1S/C34H45ClF3N7O3S/c1-39-30-26(34(36,37)38)17-22(18-27(30)35)19-28(31(46)43-12-6-24(7-13-43)42-10-3-2-4-11-42)40-32(47)44-14-8-25(9-15-44)45-16-5-23-20-49-21-29(23)41-33(45)48/h17-18,20-21,24-25,28,39H,2-16,19H2,1H3,(H,40,47)(H,41,48)/t28-/m1/s1. The molecule has 10 nitrogen and oxygen atoms in total. The number of hydrogen-bond acceptors (Lipinski definition) is 6. The molecule has 0 saturated carbocycles. The molecule has 3 N–H and O–H groups in total. The van der Waals surface area contributed by atoms with Crippen molar-refractivity contribution < 1.29 is 27.6 Å². The van der Waals surface area contributed by atoms with Crippen LogP contribution < -0.4 is 16.0 Å². The smallest absolute Gasteiger partial charge is 0.386 e. The summed E-state index contributed by atoms with van der Waals surface area (Å²) in [5, 5.41) is 12.3. The summed E-state index contributed by atoms with van der Waals surface area (Å²) in [6, 6.07) is 1.12. The SMILES string of the molecule is CNc1c(Cl)cc(C[C@@H](NC(=O)N2CCC(N3CCc4cscc4NC3=O)CC2)C(=O)N2CCC(N3CCCCC3)CC2)cc1C(F)(F)F. The number of nitrogens with one attached hydrogen (secondary N) is 3. The maximum atomic E-state index is 14.1. The van der Waals surface area contributed by atoms with E-state index < -0.39 is 23.8 Å². The van der Waals surface area contributed by atoms with Crippen LogP contribution in [0.3, 0.4) is 0 Å². The van der Waals surface area contributed by atoms with Gasteiger partial charge >= 0.3 is 18.2 Å². The summed E-state index contributed by atoms with van der Waals surface area (Å²) in [5.41, 5.74) is 1.02. The molecule has 3 fully saturated rings. The Labute approximate surface area is 294 Å². The molecule has 5 heterocycles. The first-order valence-corrected chi connectivity index (χ1v) is 18.6. The van der Waals surface area contributed by atoms with Crippen molar-refractivity contribution in [3.8, 4) is 0 Å². The molecule has 268 valence electrons. The van der Waals surface area contributed by atoms with E-state index in [1.807, 2.05) is 15.7 Å². The highest BCUT2D eigenvalue weighted by atomic mass is 35.5. The molecule has 0 bridgehead atoms. The quantitative estimate of drug-likeness (QED) is 0.320. The van der Waals surface area contributed by atoms with Crippen molar-refractivity contribution in [3.05, 3.63) is 44.6 Å². The fourth-order valence-electron chi connectivity index (χ4n) is 7.77. The Bertz CT molecular complexity index is 1500. The van der Waals surface area contributed by atoms with Crippen molar-refractivity contribution in [2.75, 3.05) is 63.5 Å². The molecular weight excluding hydrogens is 679 g/mol. The highest BCUT2D eigenvalue weighted by molar-refractivity contribution is 7.08. The van der Waals surface area contributed by atoms with E-state index in [4.69, 9.17) is 11.6 Å². The average Bonchev–Trinajstić information content (AvgIpc) is 3.47. The Morgan fingerprint density at radius 1 is 0.959 bits per heavy atom. The molecule has 0 radical (unpaired) electrons. The Hall–Kier alpha value is -3.23. The predicted molar refractivity (Wildman–Crippen MR) is 185 cm³/mol. The molecule has 4 aliphatic heterocycles. The molecule has 4 aliphatic rings. The zero-order chi connectivity index (χ0) is 34.7. The van der Waals surface area contributed by atoms with Crippen LogP contribution in [-0.4, -0.2) is 109 Å². The number of carbonyl (C=O) groups is 3. The summed E-state index contributed by atoms with van der Waals surface area (Å²) in [6.45, 7) is 4.53. The van der Waals surface area contributed by atoms with Crippen LogP contribution in [0.25, 0.3) is 0 Å². The van der Waals surface area contributed by atoms with E-state index in [2.05, 4.69) is 20.9 Å². The molecular formula is C34H45ClF3N7O3S. The number of thiophene rings is 1. The third kappa shape index (κ3) is 8.23. The van der Waals surface area contributed by atoms with Crippen LogP contribution in [0.1, 0.15) is 61.6 Å². The lowest BCUT2D eigenvalue weighted by molar-refractivity contribution is -0.137. The maximum Gasteiger partial charge on any atom is 0.418 e. The van der Waals surface area contributed by atoms with Crippen molar-refractivity contribution in [3.63, 3.8) is 0 Å². The molecule has 0 spiro atoms. The second kappa shape index (κ2) is 15.3. The highest BCUT2D eigenvalue weighted by Gasteiger charge is 2.38. The average molecular weight is 724 g/mol. The zero-order valence-corrected chi connectivity index (χ0v) is 29.4. The fraction of sp³-hybridized carbons (Fsp3) is 0.618. The van der Waals surface area contributed by atoms with Crippen molar-refractivity contribution in [1.29, 1.82) is 0 Å². The number of alkyl halides is 3. The Morgan fingerprint density at radius 2 is 1.63 bits per heavy atom. The number of fused-ring (bicyclic) bond motifs is 1. The Kier molecular flexibility index (Phi) is 11.1. The second-order valence-corrected chi connectivity index (χ2v) is 14.7. The number of piperidine rings is 3. The number of likely N-dealkylation sites (tertiary alicyclic amines) is 3. The van der Waals surface area contributed by atoms with E-state index >= 15 is 0 Å². The van der Waals surface area contributed by atoms with E-state index in [0.717, 1.165) is 49.7 Å². The van der Waals surface area contributed by atoms with Crippen molar-refractivity contribution in [1.82, 2.24) is 24.9 Å². The third-order valence-electron chi connectivity index (χ3n) is 10.5. The zero-order valence-electron chi connectivity index (χ0n) is 27.8. The van der Waals surface area contributed by atoms with Crippen LogP contribution >= 0.6 is 22.9 Å². The first-order chi connectivity index (χ1) is 23.5. The minimum absolute atomic E-state index is 0.0380. The van der Waals surface area contributed by atoms with Gasteiger partial charge < -0.3 is 35.6 Å². The second-order valence-electron chi connectivity index (χ2n) is 13.5. The fourth-order valence-corrected chi connectivity index (χ4v) is 8.93. The number of nitrogens with zero attached hydrogens (tertiary/aromatic N) is 4. The summed E-state index contributed by atoms with van der Waals surface area (Å²) in [6.07, 6.45) is 2.34. The molecule has 5 amide bonds. The van der Waals surface area contributed by atoms with Gasteiger partial charge in [-0.15, -0.1) is 11.3 Å². The van der Waals surface area contributed by atoms with Gasteiger partial charge in [0.25, 0.3) is 0 Å². The molecule has 1 aromatic heterocycles. The van der Waals surface area contributed by atoms with E-state index in [1.165, 1.54) is 32.4 Å². The van der Waals surface area contributed by atoms with Gasteiger partial charge in [0.2, 0.25) is 5.91 Å². The molecule has 1 atom stereocenters. The lowest BCUT2D eigenvalue weighted by Gasteiger charge is -2.41. The largest absolute Gasteiger partial charge is 0.418 e. The molecule has 1 aromatic carbocycles. The minimum atomic E-state index is -4.67. The van der Waals surface area contributed by atoms with Crippen molar-refractivity contribution in [2.45, 2.75) is 82.1 Å². The summed E-state index contributed by atoms with van der Waals surface area (Å²) >= 11 is 7.86. The van der Waals surface area contributed by atoms with Crippen molar-refractivity contribution in [2.24, 2.45) is 0 Å². The van der Waals surface area contributed by atoms with Gasteiger partial charge in [-0.2, -0.15) is 13.2 Å². The number of hydrogen-bond donors (Lipinski definition) is 3. The lowest BCUT2D eigenvalue weighted by Crippen LogP contribution is -2.57. The van der Waals surface area contributed by atoms with Crippen LogP contribution in [0.2, 0.25) is 5.02 Å². The molecule has 0 aliphatic carbocycles. The summed E-state index contributed by atoms with van der Waals surface area (Å²) in [7, 11) is 1.37. The molecule has 15 heteroatoms. The van der Waals surface area contributed by atoms with Gasteiger partial charge in [0.15, 0.2) is 0 Å². The van der Waals surface area contributed by atoms with Crippen LogP contribution in [-0.2, 0) is 23.8 Å². The van der Waals surface area contributed by atoms with Crippen LogP contribution in [0.5, 0.6) is 0 Å². The van der Waals surface area contributed by atoms with E-state index in [-0.39, 0.29) is 40.7 Å². The van der Waals surface area contributed by atoms with Gasteiger partial charge in [-0.25, -0.2) is 9.59 Å². The third-order valence-corrected chi connectivity index (χ3v) is 11.6. The number of benzene rings is 1. The molecule has 6 rings (SSSR count). The number of halogens is 4. The Morgan fingerprint density at radius 3 is 2.31 bits per heavy atom. The van der Waals surface area contributed by atoms with Crippen LogP contribution in [0.4, 0.5) is 34.1 Å². The van der Waals surface area contributed by atoms with Gasteiger partial charge in [-0.1, -0.05) is 18.0 Å². The topological polar surface area (TPSA) is 100 Å². The van der Waals surface area contributed by atoms with Crippen LogP contribution in [0, 0.1) is 0 Å². The van der Waals surface area contributed by atoms with Gasteiger partial charge in [0.1, 0.15) is 6.04 Å². The normalized spacial score (nSPS) is 20.8. The Balaban J connectivity index is 1.13. The summed E-state index contributed by atoms with van der Waals surface area (Å²) in [5.74, 6) is -0.309. The predicted octanol–water partition coefficient (Wildman–Crippen LogP) is 6.11. The summed E-state index contributed by atoms with van der Waals surface area (Å²) in [4.78, 5) is 48.4. The van der Waals surface area contributed by atoms with Gasteiger partial charge in [-0.05, 0) is 86.7 Å². The van der Waals surface area contributed by atoms with Gasteiger partial charge in [0, 0.05) is 63.7 Å². The van der Waals surface area contributed by atoms with Gasteiger partial charge in [-0.3, -0.25) is 4.79 Å². The van der Waals surface area contributed by atoms with E-state index in [1.54, 1.807) is 21.1 Å². The van der Waals surface area contributed by atoms with E-state index in [0.29, 0.717) is 51.6 Å². The lowest BCUT2D eigenvalue weighted by atomic mass is 9.97. The monoisotopic (exact) mass is 723 g/mol. The number of carbonyl (C=O) groups excluding carboxylic acids is 3. The molecule has 0 unspecified atom stereocenters. The maximum absolute atomic E-state index is 14.1. The molecule has 49 heavy (non-hydrogen) atoms. The number of rotatable bonds is 7.